The van der Waals surface area contributed by atoms with Gasteiger partial charge in [0.15, 0.2) is 0 Å². The van der Waals surface area contributed by atoms with Crippen LogP contribution in [0, 0.1) is 12.7 Å². The number of nitrogens with one attached hydrogen (secondary N) is 1. The average Bonchev–Trinajstić information content (AvgIpc) is 2.66. The van der Waals surface area contributed by atoms with Gasteiger partial charge in [0.05, 0.1) is 23.8 Å². The van der Waals surface area contributed by atoms with Crippen molar-refractivity contribution in [2.45, 2.75) is 26.1 Å². The van der Waals surface area contributed by atoms with Crippen LogP contribution in [0.2, 0.25) is 0 Å². The minimum atomic E-state index is -4.91. The molecule has 3 aromatic rings. The summed E-state index contributed by atoms with van der Waals surface area (Å²) in [4.78, 5) is 29.7. The Kier molecular flexibility index (Phi) is 5.51. The fraction of sp³-hybridized carbons (Fsp3) is 0.250. The van der Waals surface area contributed by atoms with Gasteiger partial charge in [0.25, 0.3) is 5.56 Å². The van der Waals surface area contributed by atoms with Crippen molar-refractivity contribution in [2.24, 2.45) is 0 Å². The largest absolute Gasteiger partial charge is 0.486 e. The number of alkyl halides is 3. The summed E-state index contributed by atoms with van der Waals surface area (Å²) in [5, 5.41) is -0.583. The number of carbonyl (C=O) groups is 1. The van der Waals surface area contributed by atoms with Crippen molar-refractivity contribution in [3.05, 3.63) is 69.0 Å². The molecule has 0 fully saturated rings. The summed E-state index contributed by atoms with van der Waals surface area (Å²) in [7, 11) is 1.20. The summed E-state index contributed by atoms with van der Waals surface area (Å²) >= 11 is 0. The monoisotopic (exact) mass is 424 g/mol. The summed E-state index contributed by atoms with van der Waals surface area (Å²) in [5.41, 5.74) is -3.19. The zero-order chi connectivity index (χ0) is 22.2. The van der Waals surface area contributed by atoms with E-state index in [4.69, 9.17) is 4.74 Å². The molecule has 6 nitrogen and oxygen atoms in total. The smallest absolute Gasteiger partial charge is 0.416 e. The summed E-state index contributed by atoms with van der Waals surface area (Å²) in [5.74, 6) is -1.80. The van der Waals surface area contributed by atoms with E-state index in [0.29, 0.717) is 6.07 Å². The molecule has 0 aliphatic carbocycles. The summed E-state index contributed by atoms with van der Waals surface area (Å²) in [6.07, 6.45) is -6.31. The van der Waals surface area contributed by atoms with Crippen molar-refractivity contribution < 1.29 is 31.8 Å². The van der Waals surface area contributed by atoms with Crippen LogP contribution in [0.1, 0.15) is 40.3 Å². The van der Waals surface area contributed by atoms with E-state index in [1.807, 2.05) is 0 Å². The maximum atomic E-state index is 15.1. The van der Waals surface area contributed by atoms with E-state index in [0.717, 1.165) is 0 Å². The van der Waals surface area contributed by atoms with Crippen molar-refractivity contribution in [1.82, 2.24) is 9.97 Å². The van der Waals surface area contributed by atoms with E-state index in [9.17, 15) is 22.8 Å². The summed E-state index contributed by atoms with van der Waals surface area (Å²) in [6.45, 7) is 2.60. The highest BCUT2D eigenvalue weighted by atomic mass is 19.4. The predicted molar refractivity (Wildman–Crippen MR) is 98.9 cm³/mol. The number of methoxy groups -OCH3 is 1. The fourth-order valence-corrected chi connectivity index (χ4v) is 3.07. The number of rotatable bonds is 4. The molecule has 0 saturated carbocycles. The molecule has 1 aromatic heterocycles. The van der Waals surface area contributed by atoms with Crippen LogP contribution < -0.4 is 10.3 Å². The Morgan fingerprint density at radius 3 is 2.40 bits per heavy atom. The first-order valence-electron chi connectivity index (χ1n) is 8.68. The number of hydrogen-bond acceptors (Lipinski definition) is 5. The molecule has 0 saturated heterocycles. The number of fused-ring (bicyclic) bond motifs is 1. The lowest BCUT2D eigenvalue weighted by Gasteiger charge is -2.21. The quantitative estimate of drug-likeness (QED) is 0.499. The first kappa shape index (κ1) is 21.3. The highest BCUT2D eigenvalue weighted by Crippen LogP contribution is 2.39. The van der Waals surface area contributed by atoms with Crippen LogP contribution in [-0.2, 0) is 10.9 Å². The normalized spacial score (nSPS) is 12.6. The molecular weight excluding hydrogens is 408 g/mol. The molecular formula is C20H16F4N2O4. The molecule has 2 aromatic carbocycles. The van der Waals surface area contributed by atoms with E-state index in [1.54, 1.807) is 0 Å². The molecule has 0 spiro atoms. The Balaban J connectivity index is 2.10. The molecule has 0 amide bonds. The second-order valence-corrected chi connectivity index (χ2v) is 6.47. The minimum Gasteiger partial charge on any atom is -0.486 e. The van der Waals surface area contributed by atoms with E-state index < -0.39 is 51.7 Å². The van der Waals surface area contributed by atoms with Crippen LogP contribution in [0.25, 0.3) is 10.9 Å². The van der Waals surface area contributed by atoms with Gasteiger partial charge in [-0.2, -0.15) is 13.2 Å². The van der Waals surface area contributed by atoms with Gasteiger partial charge in [-0.05, 0) is 44.2 Å². The predicted octanol–water partition coefficient (Wildman–Crippen LogP) is 4.32. The zero-order valence-electron chi connectivity index (χ0n) is 16.1. The van der Waals surface area contributed by atoms with Crippen molar-refractivity contribution in [3.63, 3.8) is 0 Å². The van der Waals surface area contributed by atoms with Gasteiger partial charge in [-0.15, -0.1) is 0 Å². The Morgan fingerprint density at radius 1 is 1.20 bits per heavy atom. The number of H-pyrrole nitrogens is 1. The molecule has 0 aliphatic rings. The molecule has 158 valence electrons. The van der Waals surface area contributed by atoms with Crippen LogP contribution in [0.5, 0.6) is 5.75 Å². The van der Waals surface area contributed by atoms with Crippen LogP contribution in [0.4, 0.5) is 17.6 Å². The van der Waals surface area contributed by atoms with Gasteiger partial charge in [0.2, 0.25) is 0 Å². The maximum absolute atomic E-state index is 15.1. The van der Waals surface area contributed by atoms with Gasteiger partial charge in [-0.3, -0.25) is 4.79 Å². The number of aromatic amines is 1. The van der Waals surface area contributed by atoms with Crippen LogP contribution in [0.15, 0.2) is 35.1 Å². The number of carbonyl (C=O) groups excluding carboxylic acids is 1. The van der Waals surface area contributed by atoms with Crippen molar-refractivity contribution >= 4 is 16.9 Å². The molecule has 30 heavy (non-hydrogen) atoms. The standard InChI is InChI=1S/C20H16F4N2O4/c1-9(30-12-6-4-11(5-7-12)19(28)29-3)15-13(20(22,23)24)8-14-16(17(15)21)18(27)26-10(2)25-14/h4-9H,1-3H3,(H,25,26,27). The molecule has 1 N–H and O–H groups in total. The second-order valence-electron chi connectivity index (χ2n) is 6.47. The first-order chi connectivity index (χ1) is 14.0. The van der Waals surface area contributed by atoms with Gasteiger partial charge < -0.3 is 14.5 Å². The maximum Gasteiger partial charge on any atom is 0.416 e. The van der Waals surface area contributed by atoms with E-state index in [-0.39, 0.29) is 17.1 Å². The first-order valence-corrected chi connectivity index (χ1v) is 8.68. The Bertz CT molecular complexity index is 1170. The van der Waals surface area contributed by atoms with Crippen LogP contribution in [0.3, 0.4) is 0 Å². The van der Waals surface area contributed by atoms with Crippen LogP contribution >= 0.6 is 0 Å². The number of aromatic nitrogens is 2. The fourth-order valence-electron chi connectivity index (χ4n) is 3.07. The third-order valence-electron chi connectivity index (χ3n) is 4.39. The third kappa shape index (κ3) is 3.98. The van der Waals surface area contributed by atoms with E-state index in [2.05, 4.69) is 14.7 Å². The summed E-state index contributed by atoms with van der Waals surface area (Å²) < 4.78 is 66.1. The number of benzene rings is 2. The number of ether oxygens (including phenoxy) is 2. The molecule has 1 heterocycles. The molecule has 3 rings (SSSR count). The van der Waals surface area contributed by atoms with Crippen molar-refractivity contribution in [1.29, 1.82) is 0 Å². The SMILES string of the molecule is COC(=O)c1ccc(OC(C)c2c(C(F)(F)F)cc3nc(C)[nH]c(=O)c3c2F)cc1. The van der Waals surface area contributed by atoms with Crippen LogP contribution in [-0.4, -0.2) is 23.0 Å². The Morgan fingerprint density at radius 2 is 1.83 bits per heavy atom. The van der Waals surface area contributed by atoms with Gasteiger partial charge in [-0.25, -0.2) is 14.2 Å². The molecule has 10 heteroatoms. The molecule has 0 radical (unpaired) electrons. The van der Waals surface area contributed by atoms with E-state index >= 15 is 4.39 Å². The number of aryl methyl sites for hydroxylation is 1. The minimum absolute atomic E-state index is 0.0581. The molecule has 0 aliphatic heterocycles. The second kappa shape index (κ2) is 7.77. The lowest BCUT2D eigenvalue weighted by atomic mass is 9.98. The lowest BCUT2D eigenvalue weighted by Crippen LogP contribution is -2.20. The molecule has 1 unspecified atom stereocenters. The summed E-state index contributed by atoms with van der Waals surface area (Å²) in [6, 6.07) is 6.02. The molecule has 1 atom stereocenters. The van der Waals surface area contributed by atoms with Crippen molar-refractivity contribution in [3.8, 4) is 5.75 Å². The van der Waals surface area contributed by atoms with E-state index in [1.165, 1.54) is 45.2 Å². The van der Waals surface area contributed by atoms with Gasteiger partial charge in [0.1, 0.15) is 28.9 Å². The topological polar surface area (TPSA) is 81.3 Å². The van der Waals surface area contributed by atoms with Gasteiger partial charge >= 0.3 is 12.1 Å². The lowest BCUT2D eigenvalue weighted by molar-refractivity contribution is -0.139. The zero-order valence-corrected chi connectivity index (χ0v) is 16.1. The number of halogens is 4. The number of hydrogen-bond donors (Lipinski definition) is 1. The number of nitrogens with zero attached hydrogens (tertiary/aromatic N) is 1. The highest BCUT2D eigenvalue weighted by Gasteiger charge is 2.38. The van der Waals surface area contributed by atoms with Gasteiger partial charge in [0, 0.05) is 5.56 Å². The van der Waals surface area contributed by atoms with Gasteiger partial charge in [-0.1, -0.05) is 0 Å². The van der Waals surface area contributed by atoms with Crippen molar-refractivity contribution in [2.75, 3.05) is 7.11 Å². The average molecular weight is 424 g/mol. The Labute approximate surface area is 167 Å². The molecule has 0 bridgehead atoms. The third-order valence-corrected chi connectivity index (χ3v) is 4.39. The Hall–Kier alpha value is -3.43. The highest BCUT2D eigenvalue weighted by molar-refractivity contribution is 5.89. The number of esters is 1.